The van der Waals surface area contributed by atoms with Gasteiger partial charge in [0.05, 0.1) is 0 Å². The van der Waals surface area contributed by atoms with Gasteiger partial charge in [-0.3, -0.25) is 9.59 Å². The highest BCUT2D eigenvalue weighted by molar-refractivity contribution is 9.10. The molecule has 1 unspecified atom stereocenters. The third kappa shape index (κ3) is 8.03. The molecule has 1 N–H and O–H groups in total. The monoisotopic (exact) mass is 522 g/mol. The maximum atomic E-state index is 13.5. The predicted molar refractivity (Wildman–Crippen MR) is 138 cm³/mol. The zero-order valence-electron chi connectivity index (χ0n) is 19.5. The molecule has 3 aromatic rings. The van der Waals surface area contributed by atoms with Gasteiger partial charge in [0, 0.05) is 24.0 Å². The minimum atomic E-state index is -0.652. The highest BCUT2D eigenvalue weighted by atomic mass is 79.9. The van der Waals surface area contributed by atoms with Crippen LogP contribution in [-0.4, -0.2) is 35.9 Å². The number of ether oxygens (including phenoxy) is 1. The summed E-state index contributed by atoms with van der Waals surface area (Å²) in [4.78, 5) is 28.4. The molecule has 5 nitrogen and oxygen atoms in total. The smallest absolute Gasteiger partial charge is 0.261 e. The molecule has 0 aliphatic rings. The molecule has 178 valence electrons. The SMILES string of the molecule is CCCCNC(=O)C(Cc1ccccc1)N(Cc1ccccc1)C(=O)COc1ccc(Br)cc1. The van der Waals surface area contributed by atoms with Crippen LogP contribution in [-0.2, 0) is 22.6 Å². The first-order chi connectivity index (χ1) is 16.6. The molecule has 0 radical (unpaired) electrons. The number of hydrogen-bond donors (Lipinski definition) is 1. The van der Waals surface area contributed by atoms with E-state index in [4.69, 9.17) is 4.74 Å². The number of carbonyl (C=O) groups excluding carboxylic acids is 2. The lowest BCUT2D eigenvalue weighted by molar-refractivity contribution is -0.142. The summed E-state index contributed by atoms with van der Waals surface area (Å²) in [6.45, 7) is 2.84. The second kappa shape index (κ2) is 13.6. The van der Waals surface area contributed by atoms with Crippen LogP contribution < -0.4 is 10.1 Å². The summed E-state index contributed by atoms with van der Waals surface area (Å²) < 4.78 is 6.71. The average molecular weight is 523 g/mol. The van der Waals surface area contributed by atoms with Crippen molar-refractivity contribution in [2.75, 3.05) is 13.2 Å². The van der Waals surface area contributed by atoms with Gasteiger partial charge in [-0.15, -0.1) is 0 Å². The summed E-state index contributed by atoms with van der Waals surface area (Å²) in [5.74, 6) is 0.215. The van der Waals surface area contributed by atoms with Gasteiger partial charge in [-0.1, -0.05) is 89.9 Å². The Morgan fingerprint density at radius 2 is 1.53 bits per heavy atom. The molecule has 0 spiro atoms. The van der Waals surface area contributed by atoms with E-state index in [1.165, 1.54) is 0 Å². The quantitative estimate of drug-likeness (QED) is 0.324. The molecule has 1 atom stereocenters. The number of carbonyl (C=O) groups is 2. The Morgan fingerprint density at radius 3 is 2.15 bits per heavy atom. The maximum Gasteiger partial charge on any atom is 0.261 e. The maximum absolute atomic E-state index is 13.5. The summed E-state index contributed by atoms with van der Waals surface area (Å²) in [6, 6.07) is 26.2. The van der Waals surface area contributed by atoms with Crippen LogP contribution in [0.5, 0.6) is 5.75 Å². The fraction of sp³-hybridized carbons (Fsp3) is 0.286. The van der Waals surface area contributed by atoms with E-state index in [-0.39, 0.29) is 18.4 Å². The normalized spacial score (nSPS) is 11.5. The summed E-state index contributed by atoms with van der Waals surface area (Å²) in [7, 11) is 0. The van der Waals surface area contributed by atoms with Crippen LogP contribution in [0.15, 0.2) is 89.4 Å². The van der Waals surface area contributed by atoms with E-state index < -0.39 is 6.04 Å². The molecule has 0 aromatic heterocycles. The first-order valence-electron chi connectivity index (χ1n) is 11.6. The lowest BCUT2D eigenvalue weighted by Gasteiger charge is -2.31. The van der Waals surface area contributed by atoms with Gasteiger partial charge >= 0.3 is 0 Å². The fourth-order valence-corrected chi connectivity index (χ4v) is 3.86. The van der Waals surface area contributed by atoms with Gasteiger partial charge in [0.15, 0.2) is 6.61 Å². The molecule has 0 bridgehead atoms. The van der Waals surface area contributed by atoms with Crippen molar-refractivity contribution in [3.05, 3.63) is 101 Å². The Bertz CT molecular complexity index is 1030. The zero-order chi connectivity index (χ0) is 24.2. The Morgan fingerprint density at radius 1 is 0.912 bits per heavy atom. The van der Waals surface area contributed by atoms with Crippen LogP contribution in [0.3, 0.4) is 0 Å². The van der Waals surface area contributed by atoms with Gasteiger partial charge in [0.2, 0.25) is 5.91 Å². The molecule has 2 amide bonds. The minimum Gasteiger partial charge on any atom is -0.484 e. The van der Waals surface area contributed by atoms with Crippen LogP contribution in [0.1, 0.15) is 30.9 Å². The Labute approximate surface area is 210 Å². The Kier molecular flexibility index (Phi) is 10.2. The average Bonchev–Trinajstić information content (AvgIpc) is 2.87. The second-order valence-electron chi connectivity index (χ2n) is 8.10. The van der Waals surface area contributed by atoms with E-state index in [2.05, 4.69) is 28.2 Å². The molecular weight excluding hydrogens is 492 g/mol. The van der Waals surface area contributed by atoms with Gasteiger partial charge in [-0.2, -0.15) is 0 Å². The van der Waals surface area contributed by atoms with Crippen molar-refractivity contribution in [2.24, 2.45) is 0 Å². The number of nitrogens with one attached hydrogen (secondary N) is 1. The van der Waals surface area contributed by atoms with E-state index in [9.17, 15) is 9.59 Å². The largest absolute Gasteiger partial charge is 0.484 e. The molecule has 0 saturated heterocycles. The predicted octanol–water partition coefficient (Wildman–Crippen LogP) is 5.38. The number of rotatable bonds is 12. The molecule has 0 heterocycles. The van der Waals surface area contributed by atoms with E-state index in [1.54, 1.807) is 17.0 Å². The topological polar surface area (TPSA) is 58.6 Å². The van der Waals surface area contributed by atoms with Gasteiger partial charge < -0.3 is 15.0 Å². The van der Waals surface area contributed by atoms with Crippen molar-refractivity contribution in [2.45, 2.75) is 38.8 Å². The standard InChI is InChI=1S/C28H31BrN2O3/c1-2-3-18-30-28(33)26(19-22-10-6-4-7-11-22)31(20-23-12-8-5-9-13-23)27(32)21-34-25-16-14-24(29)15-17-25/h4-17,26H,2-3,18-21H2,1H3,(H,30,33). The fourth-order valence-electron chi connectivity index (χ4n) is 3.60. The number of benzene rings is 3. The summed E-state index contributed by atoms with van der Waals surface area (Å²) in [6.07, 6.45) is 2.30. The summed E-state index contributed by atoms with van der Waals surface area (Å²) in [5, 5.41) is 3.03. The van der Waals surface area contributed by atoms with Gasteiger partial charge in [0.25, 0.3) is 5.91 Å². The molecule has 34 heavy (non-hydrogen) atoms. The Balaban J connectivity index is 1.85. The van der Waals surface area contributed by atoms with Crippen molar-refractivity contribution in [3.63, 3.8) is 0 Å². The molecule has 3 aromatic carbocycles. The van der Waals surface area contributed by atoms with Crippen LogP contribution in [0.2, 0.25) is 0 Å². The van der Waals surface area contributed by atoms with Crippen molar-refractivity contribution in [1.29, 1.82) is 0 Å². The number of hydrogen-bond acceptors (Lipinski definition) is 3. The van der Waals surface area contributed by atoms with Gasteiger partial charge in [0.1, 0.15) is 11.8 Å². The number of nitrogens with zero attached hydrogens (tertiary/aromatic N) is 1. The van der Waals surface area contributed by atoms with Gasteiger partial charge in [-0.25, -0.2) is 0 Å². The molecule has 0 aliphatic heterocycles. The summed E-state index contributed by atoms with van der Waals surface area (Å²) >= 11 is 3.40. The van der Waals surface area contributed by atoms with Crippen LogP contribution in [0.4, 0.5) is 0 Å². The first kappa shape index (κ1) is 25.5. The van der Waals surface area contributed by atoms with Crippen molar-refractivity contribution in [3.8, 4) is 5.75 Å². The van der Waals surface area contributed by atoms with Crippen molar-refractivity contribution >= 4 is 27.7 Å². The third-order valence-electron chi connectivity index (χ3n) is 5.47. The van der Waals surface area contributed by atoms with E-state index in [1.807, 2.05) is 72.8 Å². The van der Waals surface area contributed by atoms with Crippen LogP contribution in [0.25, 0.3) is 0 Å². The Hall–Kier alpha value is -3.12. The minimum absolute atomic E-state index is 0.148. The third-order valence-corrected chi connectivity index (χ3v) is 6.00. The molecule has 0 fully saturated rings. The van der Waals surface area contributed by atoms with Crippen LogP contribution in [0, 0.1) is 0 Å². The van der Waals surface area contributed by atoms with E-state index >= 15 is 0 Å². The molecule has 6 heteroatoms. The van der Waals surface area contributed by atoms with E-state index in [0.29, 0.717) is 25.3 Å². The lowest BCUT2D eigenvalue weighted by atomic mass is 10.0. The van der Waals surface area contributed by atoms with Crippen molar-refractivity contribution < 1.29 is 14.3 Å². The molecule has 0 aliphatic carbocycles. The zero-order valence-corrected chi connectivity index (χ0v) is 21.0. The molecule has 0 saturated carbocycles. The lowest BCUT2D eigenvalue weighted by Crippen LogP contribution is -2.51. The van der Waals surface area contributed by atoms with Crippen molar-refractivity contribution in [1.82, 2.24) is 10.2 Å². The number of amides is 2. The first-order valence-corrected chi connectivity index (χ1v) is 12.4. The number of halogens is 1. The molecule has 3 rings (SSSR count). The molecular formula is C28H31BrN2O3. The highest BCUT2D eigenvalue weighted by Gasteiger charge is 2.30. The van der Waals surface area contributed by atoms with Crippen LogP contribution >= 0.6 is 15.9 Å². The number of unbranched alkanes of at least 4 members (excludes halogenated alkanes) is 1. The van der Waals surface area contributed by atoms with Gasteiger partial charge in [-0.05, 0) is 41.8 Å². The highest BCUT2D eigenvalue weighted by Crippen LogP contribution is 2.18. The van der Waals surface area contributed by atoms with E-state index in [0.717, 1.165) is 28.4 Å². The second-order valence-corrected chi connectivity index (χ2v) is 9.02. The summed E-state index contributed by atoms with van der Waals surface area (Å²) in [5.41, 5.74) is 1.96.